The molecule has 0 amide bonds. The summed E-state index contributed by atoms with van der Waals surface area (Å²) < 4.78 is 30.1. The maximum absolute atomic E-state index is 13.4. The molecule has 200 valence electrons. The molecule has 3 aliphatic rings. The third-order valence-electron chi connectivity index (χ3n) is 7.79. The second-order valence-corrected chi connectivity index (χ2v) is 13.0. The number of anilines is 3. The Hall–Kier alpha value is -2.96. The lowest BCUT2D eigenvalue weighted by Crippen LogP contribution is -2.64. The van der Waals surface area contributed by atoms with Crippen LogP contribution in [-0.4, -0.2) is 80.6 Å². The number of benzene rings is 1. The Bertz CT molecular complexity index is 1470. The van der Waals surface area contributed by atoms with E-state index in [1.165, 1.54) is 15.6 Å². The number of rotatable bonds is 7. The molecule has 0 unspecified atom stereocenters. The first-order valence-electron chi connectivity index (χ1n) is 12.8. The summed E-state index contributed by atoms with van der Waals surface area (Å²) in [5, 5.41) is 31.6. The molecule has 3 saturated heterocycles. The van der Waals surface area contributed by atoms with Crippen molar-refractivity contribution in [2.45, 2.75) is 56.8 Å². The molecule has 5 heterocycles. The van der Waals surface area contributed by atoms with Crippen LogP contribution >= 0.6 is 11.3 Å². The highest BCUT2D eigenvalue weighted by Crippen LogP contribution is 2.40. The van der Waals surface area contributed by atoms with Gasteiger partial charge in [0.2, 0.25) is 11.1 Å². The fourth-order valence-electron chi connectivity index (χ4n) is 5.79. The van der Waals surface area contributed by atoms with E-state index in [2.05, 4.69) is 26.5 Å². The molecule has 0 radical (unpaired) electrons. The number of hydrogen-bond acceptors (Lipinski definition) is 11. The number of piperidine rings is 2. The van der Waals surface area contributed by atoms with E-state index in [0.717, 1.165) is 30.2 Å². The van der Waals surface area contributed by atoms with Crippen LogP contribution in [0.5, 0.6) is 0 Å². The summed E-state index contributed by atoms with van der Waals surface area (Å²) in [5.41, 5.74) is 0.781. The predicted molar refractivity (Wildman–Crippen MR) is 143 cm³/mol. The van der Waals surface area contributed by atoms with Gasteiger partial charge in [-0.15, -0.1) is 10.2 Å². The highest BCUT2D eigenvalue weighted by Gasteiger charge is 2.50. The topological polar surface area (TPSA) is 151 Å². The SMILES string of the molecule is CN(c1nc(Nc2nnc(CO)s2)c2ccccc2n1)[C@@H]1C[C@H]2CCC[C@@H](C1)N2S(=O)(=O)N1CC(C#N)C1. The third-order valence-corrected chi connectivity index (χ3v) is 10.7. The molecule has 6 rings (SSSR count). The first-order valence-corrected chi connectivity index (χ1v) is 15.0. The number of hydrogen-bond donors (Lipinski definition) is 2. The number of aromatic nitrogens is 4. The third kappa shape index (κ3) is 4.48. The van der Waals surface area contributed by atoms with Gasteiger partial charge < -0.3 is 15.3 Å². The molecule has 0 spiro atoms. The lowest BCUT2D eigenvalue weighted by molar-refractivity contribution is 0.0930. The summed E-state index contributed by atoms with van der Waals surface area (Å²) in [6.45, 7) is 0.395. The van der Waals surface area contributed by atoms with E-state index in [-0.39, 0.29) is 43.7 Å². The fraction of sp³-hybridized carbons (Fsp3) is 0.542. The predicted octanol–water partition coefficient (Wildman–Crippen LogP) is 2.24. The second kappa shape index (κ2) is 9.97. The van der Waals surface area contributed by atoms with Crippen molar-refractivity contribution in [3.63, 3.8) is 0 Å². The van der Waals surface area contributed by atoms with Crippen LogP contribution in [-0.2, 0) is 16.8 Å². The average molecular weight is 556 g/mol. The summed E-state index contributed by atoms with van der Waals surface area (Å²) in [5.74, 6) is 0.941. The second-order valence-electron chi connectivity index (χ2n) is 10.1. The number of nitriles is 1. The van der Waals surface area contributed by atoms with Crippen molar-refractivity contribution in [2.24, 2.45) is 5.92 Å². The van der Waals surface area contributed by atoms with Gasteiger partial charge in [-0.2, -0.15) is 27.3 Å². The molecule has 12 nitrogen and oxygen atoms in total. The highest BCUT2D eigenvalue weighted by molar-refractivity contribution is 7.86. The van der Waals surface area contributed by atoms with Crippen molar-refractivity contribution in [3.8, 4) is 6.07 Å². The van der Waals surface area contributed by atoms with Crippen LogP contribution in [0, 0.1) is 17.2 Å². The number of fused-ring (bicyclic) bond motifs is 3. The molecule has 14 heteroatoms. The molecular weight excluding hydrogens is 526 g/mol. The zero-order valence-corrected chi connectivity index (χ0v) is 22.6. The van der Waals surface area contributed by atoms with Gasteiger partial charge in [-0.1, -0.05) is 29.9 Å². The van der Waals surface area contributed by atoms with Gasteiger partial charge in [-0.25, -0.2) is 4.98 Å². The zero-order valence-electron chi connectivity index (χ0n) is 20.9. The molecule has 2 aromatic heterocycles. The number of nitrogens with zero attached hydrogens (tertiary/aromatic N) is 8. The Morgan fingerprint density at radius 1 is 1.18 bits per heavy atom. The van der Waals surface area contributed by atoms with E-state index in [1.54, 1.807) is 4.31 Å². The van der Waals surface area contributed by atoms with Crippen LogP contribution in [0.25, 0.3) is 10.9 Å². The van der Waals surface area contributed by atoms with E-state index in [9.17, 15) is 13.5 Å². The Kier molecular flexibility index (Phi) is 6.65. The van der Waals surface area contributed by atoms with Gasteiger partial charge in [-0.3, -0.25) is 0 Å². The minimum absolute atomic E-state index is 0.0801. The Morgan fingerprint density at radius 2 is 1.92 bits per heavy atom. The maximum atomic E-state index is 13.4. The monoisotopic (exact) mass is 555 g/mol. The van der Waals surface area contributed by atoms with Crippen LogP contribution in [0.3, 0.4) is 0 Å². The summed E-state index contributed by atoms with van der Waals surface area (Å²) in [6.07, 6.45) is 4.04. The van der Waals surface area contributed by atoms with Crippen LogP contribution in [0.15, 0.2) is 24.3 Å². The Balaban J connectivity index is 1.26. The van der Waals surface area contributed by atoms with Gasteiger partial charge in [-0.05, 0) is 37.8 Å². The molecule has 3 atom stereocenters. The van der Waals surface area contributed by atoms with Crippen LogP contribution in [0.4, 0.5) is 16.9 Å². The lowest BCUT2D eigenvalue weighted by atomic mass is 9.83. The van der Waals surface area contributed by atoms with E-state index in [0.29, 0.717) is 34.7 Å². The van der Waals surface area contributed by atoms with Crippen LogP contribution < -0.4 is 10.2 Å². The summed E-state index contributed by atoms with van der Waals surface area (Å²) in [4.78, 5) is 11.8. The smallest absolute Gasteiger partial charge is 0.282 e. The van der Waals surface area contributed by atoms with Gasteiger partial charge in [0.25, 0.3) is 10.2 Å². The average Bonchev–Trinajstić information content (AvgIpc) is 3.34. The van der Waals surface area contributed by atoms with Crippen molar-refractivity contribution >= 4 is 49.3 Å². The standard InChI is InChI=1S/C24H29N9O3S2/c1-31(18-9-16-5-4-6-17(10-18)33(16)38(35,36)32-12-15(11-25)13-32)23-26-20-8-3-2-7-19(20)22(27-23)28-24-30-29-21(14-34)37-24/h2-3,7-8,15-18,34H,4-6,9-10,12-14H2,1H3,(H,26,27,28,30)/t16-,17+,18-. The molecule has 2 bridgehead atoms. The molecule has 0 aliphatic carbocycles. The maximum Gasteiger partial charge on any atom is 0.282 e. The van der Waals surface area contributed by atoms with Crippen LogP contribution in [0.1, 0.15) is 37.1 Å². The summed E-state index contributed by atoms with van der Waals surface area (Å²) in [7, 11) is -1.61. The Morgan fingerprint density at radius 3 is 2.61 bits per heavy atom. The molecule has 3 fully saturated rings. The number of aliphatic hydroxyl groups is 1. The largest absolute Gasteiger partial charge is 0.389 e. The molecule has 2 N–H and O–H groups in total. The molecule has 3 aromatic rings. The van der Waals surface area contributed by atoms with E-state index < -0.39 is 10.2 Å². The molecular formula is C24H29N9O3S2. The van der Waals surface area contributed by atoms with Crippen molar-refractivity contribution in [1.82, 2.24) is 28.8 Å². The molecule has 38 heavy (non-hydrogen) atoms. The van der Waals surface area contributed by atoms with Gasteiger partial charge in [0.15, 0.2) is 0 Å². The molecule has 0 saturated carbocycles. The number of nitrogens with one attached hydrogen (secondary N) is 1. The number of aliphatic hydroxyl groups excluding tert-OH is 1. The number of para-hydroxylation sites is 1. The van der Waals surface area contributed by atoms with Crippen LogP contribution in [0.2, 0.25) is 0 Å². The van der Waals surface area contributed by atoms with Crippen molar-refractivity contribution in [1.29, 1.82) is 5.26 Å². The van der Waals surface area contributed by atoms with Crippen molar-refractivity contribution < 1.29 is 13.5 Å². The van der Waals surface area contributed by atoms with Crippen molar-refractivity contribution in [3.05, 3.63) is 29.3 Å². The lowest BCUT2D eigenvalue weighted by Gasteiger charge is -2.51. The first-order chi connectivity index (χ1) is 18.4. The van der Waals surface area contributed by atoms with Gasteiger partial charge in [0, 0.05) is 43.6 Å². The minimum Gasteiger partial charge on any atom is -0.389 e. The van der Waals surface area contributed by atoms with Gasteiger partial charge in [0.05, 0.1) is 24.1 Å². The highest BCUT2D eigenvalue weighted by atomic mass is 32.2. The first kappa shape index (κ1) is 25.3. The van der Waals surface area contributed by atoms with E-state index >= 15 is 0 Å². The fourth-order valence-corrected chi connectivity index (χ4v) is 8.53. The van der Waals surface area contributed by atoms with Gasteiger partial charge in [0.1, 0.15) is 10.8 Å². The van der Waals surface area contributed by atoms with E-state index in [1.807, 2.05) is 31.3 Å². The normalized spacial score (nSPS) is 24.6. The Labute approximate surface area is 225 Å². The zero-order chi connectivity index (χ0) is 26.4. The quantitative estimate of drug-likeness (QED) is 0.444. The molecule has 1 aromatic carbocycles. The van der Waals surface area contributed by atoms with Crippen molar-refractivity contribution in [2.75, 3.05) is 30.4 Å². The minimum atomic E-state index is -3.59. The molecule has 3 aliphatic heterocycles. The summed E-state index contributed by atoms with van der Waals surface area (Å²) >= 11 is 1.26. The van der Waals surface area contributed by atoms with Gasteiger partial charge >= 0.3 is 0 Å². The summed E-state index contributed by atoms with van der Waals surface area (Å²) in [6, 6.07) is 9.80. The van der Waals surface area contributed by atoms with E-state index in [4.69, 9.17) is 15.2 Å².